The number of alkyl halides is 1. The fourth-order valence-corrected chi connectivity index (χ4v) is 3.09. The SMILES string of the molecule is CCCCCCCCC(C=CCI)C(OCC)(OCC)OCC. The highest BCUT2D eigenvalue weighted by atomic mass is 127. The minimum Gasteiger partial charge on any atom is -0.327 e. The maximum atomic E-state index is 5.97. The van der Waals surface area contributed by atoms with Crippen molar-refractivity contribution in [1.29, 1.82) is 0 Å². The Morgan fingerprint density at radius 1 is 0.826 bits per heavy atom. The summed E-state index contributed by atoms with van der Waals surface area (Å²) < 4.78 is 18.9. The fourth-order valence-electron chi connectivity index (χ4n) is 2.80. The number of unbranched alkanes of at least 4 members (excludes halogenated alkanes) is 5. The standard InChI is InChI=1S/C19H37IO3/c1-5-9-10-11-12-13-15-18(16-14-17-20)19(21-6-2,22-7-3)23-8-4/h14,16,18H,5-13,15,17H2,1-4H3. The molecule has 0 N–H and O–H groups in total. The molecule has 138 valence electrons. The second kappa shape index (κ2) is 15.9. The molecule has 0 fully saturated rings. The quantitative estimate of drug-likeness (QED) is 0.0953. The summed E-state index contributed by atoms with van der Waals surface area (Å²) in [6.45, 7) is 10.0. The van der Waals surface area contributed by atoms with Crippen LogP contribution in [0.25, 0.3) is 0 Å². The molecule has 1 unspecified atom stereocenters. The van der Waals surface area contributed by atoms with Gasteiger partial charge in [-0.05, 0) is 27.2 Å². The lowest BCUT2D eigenvalue weighted by Crippen LogP contribution is -2.46. The van der Waals surface area contributed by atoms with Gasteiger partial charge in [-0.2, -0.15) is 0 Å². The molecule has 0 amide bonds. The third-order valence-electron chi connectivity index (χ3n) is 3.82. The highest BCUT2D eigenvalue weighted by Gasteiger charge is 2.40. The normalized spacial score (nSPS) is 13.8. The zero-order valence-electron chi connectivity index (χ0n) is 15.6. The Balaban J connectivity index is 4.79. The van der Waals surface area contributed by atoms with Gasteiger partial charge in [0.05, 0.1) is 5.92 Å². The molecule has 0 aromatic heterocycles. The van der Waals surface area contributed by atoms with Gasteiger partial charge in [0.25, 0.3) is 5.97 Å². The van der Waals surface area contributed by atoms with Crippen molar-refractivity contribution in [1.82, 2.24) is 0 Å². The summed E-state index contributed by atoms with van der Waals surface area (Å²) in [4.78, 5) is 0. The Hall–Kier alpha value is 0.350. The van der Waals surface area contributed by atoms with E-state index in [0.29, 0.717) is 19.8 Å². The van der Waals surface area contributed by atoms with Gasteiger partial charge in [-0.25, -0.2) is 0 Å². The number of hydrogen-bond donors (Lipinski definition) is 0. The van der Waals surface area contributed by atoms with E-state index in [1.165, 1.54) is 38.5 Å². The van der Waals surface area contributed by atoms with Crippen molar-refractivity contribution in [2.24, 2.45) is 5.92 Å². The number of ether oxygens (including phenoxy) is 3. The third-order valence-corrected chi connectivity index (χ3v) is 4.33. The molecule has 0 radical (unpaired) electrons. The van der Waals surface area contributed by atoms with Crippen molar-refractivity contribution in [3.05, 3.63) is 12.2 Å². The van der Waals surface area contributed by atoms with Crippen LogP contribution in [0.15, 0.2) is 12.2 Å². The van der Waals surface area contributed by atoms with Gasteiger partial charge in [0.1, 0.15) is 0 Å². The summed E-state index contributed by atoms with van der Waals surface area (Å²) in [5, 5.41) is 0. The van der Waals surface area contributed by atoms with Crippen LogP contribution in [0.5, 0.6) is 0 Å². The lowest BCUT2D eigenvalue weighted by molar-refractivity contribution is -0.395. The van der Waals surface area contributed by atoms with Crippen molar-refractivity contribution in [3.8, 4) is 0 Å². The van der Waals surface area contributed by atoms with Gasteiger partial charge in [-0.3, -0.25) is 0 Å². The highest BCUT2D eigenvalue weighted by Crippen LogP contribution is 2.32. The van der Waals surface area contributed by atoms with Crippen LogP contribution in [0.4, 0.5) is 0 Å². The van der Waals surface area contributed by atoms with Gasteiger partial charge in [-0.15, -0.1) is 0 Å². The minimum absolute atomic E-state index is 0.142. The Kier molecular flexibility index (Phi) is 16.1. The van der Waals surface area contributed by atoms with Gasteiger partial charge in [-0.1, -0.05) is 80.2 Å². The molecule has 0 aliphatic rings. The van der Waals surface area contributed by atoms with Crippen molar-refractivity contribution in [2.75, 3.05) is 24.2 Å². The first-order valence-corrected chi connectivity index (χ1v) is 10.9. The summed E-state index contributed by atoms with van der Waals surface area (Å²) in [5.74, 6) is -0.785. The smallest absolute Gasteiger partial charge is 0.289 e. The van der Waals surface area contributed by atoms with Crippen LogP contribution in [0.3, 0.4) is 0 Å². The number of rotatable bonds is 16. The second-order valence-electron chi connectivity index (χ2n) is 5.65. The van der Waals surface area contributed by atoms with Crippen LogP contribution in [0, 0.1) is 5.92 Å². The monoisotopic (exact) mass is 440 g/mol. The predicted molar refractivity (Wildman–Crippen MR) is 107 cm³/mol. The van der Waals surface area contributed by atoms with Crippen molar-refractivity contribution in [2.45, 2.75) is 78.6 Å². The first kappa shape index (κ1) is 23.4. The minimum atomic E-state index is -0.927. The van der Waals surface area contributed by atoms with E-state index >= 15 is 0 Å². The van der Waals surface area contributed by atoms with Crippen molar-refractivity contribution >= 4 is 22.6 Å². The van der Waals surface area contributed by atoms with Crippen molar-refractivity contribution in [3.63, 3.8) is 0 Å². The van der Waals surface area contributed by atoms with E-state index in [4.69, 9.17) is 14.2 Å². The number of allylic oxidation sites excluding steroid dienone is 1. The molecule has 3 nitrogen and oxygen atoms in total. The molecule has 1 atom stereocenters. The predicted octanol–water partition coefficient (Wildman–Crippen LogP) is 6.11. The molecule has 0 heterocycles. The topological polar surface area (TPSA) is 27.7 Å². The molecule has 0 aliphatic carbocycles. The first-order valence-electron chi connectivity index (χ1n) is 9.35. The molecule has 0 bridgehead atoms. The maximum Gasteiger partial charge on any atom is 0.289 e. The molecule has 0 spiro atoms. The molecule has 23 heavy (non-hydrogen) atoms. The van der Waals surface area contributed by atoms with Crippen LogP contribution in [-0.2, 0) is 14.2 Å². The van der Waals surface area contributed by atoms with E-state index in [-0.39, 0.29) is 5.92 Å². The molecule has 0 aliphatic heterocycles. The fraction of sp³-hybridized carbons (Fsp3) is 0.895. The zero-order chi connectivity index (χ0) is 17.4. The van der Waals surface area contributed by atoms with Crippen LogP contribution >= 0.6 is 22.6 Å². The Labute approximate surface area is 157 Å². The van der Waals surface area contributed by atoms with Gasteiger partial charge < -0.3 is 14.2 Å². The largest absolute Gasteiger partial charge is 0.327 e. The molecule has 0 aromatic rings. The Morgan fingerprint density at radius 2 is 1.35 bits per heavy atom. The molecule has 0 saturated heterocycles. The maximum absolute atomic E-state index is 5.97. The van der Waals surface area contributed by atoms with Gasteiger partial charge >= 0.3 is 0 Å². The average Bonchev–Trinajstić information content (AvgIpc) is 2.54. The van der Waals surface area contributed by atoms with Gasteiger partial charge in [0.15, 0.2) is 0 Å². The number of hydrogen-bond acceptors (Lipinski definition) is 3. The van der Waals surface area contributed by atoms with Crippen LogP contribution in [-0.4, -0.2) is 30.2 Å². The summed E-state index contributed by atoms with van der Waals surface area (Å²) in [7, 11) is 0. The summed E-state index contributed by atoms with van der Waals surface area (Å²) >= 11 is 2.36. The van der Waals surface area contributed by atoms with E-state index < -0.39 is 5.97 Å². The molecule has 0 aromatic carbocycles. The van der Waals surface area contributed by atoms with E-state index in [0.717, 1.165) is 10.8 Å². The molecular formula is C19H37IO3. The van der Waals surface area contributed by atoms with E-state index in [1.54, 1.807) is 0 Å². The third kappa shape index (κ3) is 10.0. The lowest BCUT2D eigenvalue weighted by Gasteiger charge is -2.37. The van der Waals surface area contributed by atoms with E-state index in [1.807, 2.05) is 20.8 Å². The van der Waals surface area contributed by atoms with Crippen LogP contribution in [0.2, 0.25) is 0 Å². The van der Waals surface area contributed by atoms with E-state index in [9.17, 15) is 0 Å². The Morgan fingerprint density at radius 3 is 1.83 bits per heavy atom. The van der Waals surface area contributed by atoms with E-state index in [2.05, 4.69) is 41.7 Å². The lowest BCUT2D eigenvalue weighted by atomic mass is 9.97. The van der Waals surface area contributed by atoms with Gasteiger partial charge in [0.2, 0.25) is 0 Å². The molecule has 0 saturated carbocycles. The second-order valence-corrected chi connectivity index (χ2v) is 6.53. The highest BCUT2D eigenvalue weighted by molar-refractivity contribution is 14.1. The molecule has 4 heteroatoms. The zero-order valence-corrected chi connectivity index (χ0v) is 17.8. The Bertz CT molecular complexity index is 265. The van der Waals surface area contributed by atoms with Crippen LogP contribution < -0.4 is 0 Å². The average molecular weight is 440 g/mol. The van der Waals surface area contributed by atoms with Crippen molar-refractivity contribution < 1.29 is 14.2 Å². The molecular weight excluding hydrogens is 403 g/mol. The first-order chi connectivity index (χ1) is 11.2. The molecule has 0 rings (SSSR count). The summed E-state index contributed by atoms with van der Waals surface area (Å²) in [5.41, 5.74) is 0. The van der Waals surface area contributed by atoms with Gasteiger partial charge in [0, 0.05) is 24.2 Å². The van der Waals surface area contributed by atoms with Crippen LogP contribution in [0.1, 0.15) is 72.6 Å². The summed E-state index contributed by atoms with van der Waals surface area (Å²) in [6.07, 6.45) is 13.2. The number of halogens is 1. The summed E-state index contributed by atoms with van der Waals surface area (Å²) in [6, 6.07) is 0.